The minimum Gasteiger partial charge on any atom is -0.496 e. The average molecular weight is 299 g/mol. The van der Waals surface area contributed by atoms with Crippen LogP contribution in [0.1, 0.15) is 18.4 Å². The molecular formula is C14H19BrO2. The topological polar surface area (TPSA) is 18.5 Å². The number of hydrogen-bond donors (Lipinski definition) is 0. The van der Waals surface area contributed by atoms with Gasteiger partial charge in [-0.25, -0.2) is 0 Å². The van der Waals surface area contributed by atoms with Crippen LogP contribution in [0.4, 0.5) is 0 Å². The van der Waals surface area contributed by atoms with Gasteiger partial charge in [-0.05, 0) is 30.9 Å². The Morgan fingerprint density at radius 2 is 2.24 bits per heavy atom. The van der Waals surface area contributed by atoms with Crippen molar-refractivity contribution in [1.29, 1.82) is 0 Å². The Labute approximate surface area is 111 Å². The lowest BCUT2D eigenvalue weighted by molar-refractivity contribution is 0.00591. The van der Waals surface area contributed by atoms with Gasteiger partial charge in [0, 0.05) is 17.4 Å². The number of alkyl halides is 1. The molecule has 1 saturated heterocycles. The van der Waals surface area contributed by atoms with Gasteiger partial charge in [-0.3, -0.25) is 0 Å². The molecule has 17 heavy (non-hydrogen) atoms. The van der Waals surface area contributed by atoms with Gasteiger partial charge in [0.1, 0.15) is 5.75 Å². The molecule has 0 bridgehead atoms. The fraction of sp³-hybridized carbons (Fsp3) is 0.571. The van der Waals surface area contributed by atoms with Crippen LogP contribution in [-0.4, -0.2) is 25.7 Å². The first-order chi connectivity index (χ1) is 8.29. The summed E-state index contributed by atoms with van der Waals surface area (Å²) >= 11 is 3.65. The molecular weight excluding hydrogens is 280 g/mol. The first-order valence-corrected chi connectivity index (χ1v) is 7.17. The summed E-state index contributed by atoms with van der Waals surface area (Å²) in [5.74, 6) is 0.985. The summed E-state index contributed by atoms with van der Waals surface area (Å²) in [4.78, 5) is 0. The second kappa shape index (κ2) is 5.87. The van der Waals surface area contributed by atoms with Gasteiger partial charge in [0.25, 0.3) is 0 Å². The molecule has 94 valence electrons. The van der Waals surface area contributed by atoms with Crippen LogP contribution in [0.5, 0.6) is 5.75 Å². The van der Waals surface area contributed by atoms with Crippen molar-refractivity contribution in [2.75, 3.05) is 25.7 Å². The summed E-state index contributed by atoms with van der Waals surface area (Å²) < 4.78 is 11.1. The molecule has 3 heteroatoms. The maximum Gasteiger partial charge on any atom is 0.122 e. The number of hydrogen-bond acceptors (Lipinski definition) is 2. The van der Waals surface area contributed by atoms with Crippen molar-refractivity contribution in [2.24, 2.45) is 5.41 Å². The van der Waals surface area contributed by atoms with Crippen molar-refractivity contribution in [1.82, 2.24) is 0 Å². The maximum absolute atomic E-state index is 5.65. The van der Waals surface area contributed by atoms with Gasteiger partial charge in [-0.15, -0.1) is 0 Å². The predicted octanol–water partition coefficient (Wildman–Crippen LogP) is 3.43. The Morgan fingerprint density at radius 3 is 2.88 bits per heavy atom. The largest absolute Gasteiger partial charge is 0.496 e. The third-order valence-corrected chi connectivity index (χ3v) is 4.63. The zero-order valence-electron chi connectivity index (χ0n) is 10.2. The summed E-state index contributed by atoms with van der Waals surface area (Å²) in [6.45, 7) is 1.75. The molecule has 2 rings (SSSR count). The summed E-state index contributed by atoms with van der Waals surface area (Å²) in [6.07, 6.45) is 3.39. The van der Waals surface area contributed by atoms with Gasteiger partial charge in [0.15, 0.2) is 0 Å². The van der Waals surface area contributed by atoms with Crippen LogP contribution in [0, 0.1) is 5.41 Å². The van der Waals surface area contributed by atoms with Crippen LogP contribution in [0.3, 0.4) is 0 Å². The van der Waals surface area contributed by atoms with Gasteiger partial charge >= 0.3 is 0 Å². The van der Waals surface area contributed by atoms with Crippen LogP contribution in [0.15, 0.2) is 24.3 Å². The van der Waals surface area contributed by atoms with E-state index < -0.39 is 0 Å². The lowest BCUT2D eigenvalue weighted by Crippen LogP contribution is -2.35. The van der Waals surface area contributed by atoms with Gasteiger partial charge in [0.05, 0.1) is 13.7 Å². The van der Waals surface area contributed by atoms with E-state index in [2.05, 4.69) is 28.1 Å². The Kier molecular flexibility index (Phi) is 4.46. The van der Waals surface area contributed by atoms with E-state index in [9.17, 15) is 0 Å². The number of benzene rings is 1. The third kappa shape index (κ3) is 3.02. The van der Waals surface area contributed by atoms with E-state index in [0.29, 0.717) is 0 Å². The quantitative estimate of drug-likeness (QED) is 0.793. The molecule has 1 heterocycles. The second-order valence-corrected chi connectivity index (χ2v) is 5.34. The van der Waals surface area contributed by atoms with Crippen molar-refractivity contribution in [3.05, 3.63) is 29.8 Å². The normalized spacial score (nSPS) is 24.6. The molecule has 0 amide bonds. The Morgan fingerprint density at radius 1 is 1.41 bits per heavy atom. The van der Waals surface area contributed by atoms with E-state index in [1.165, 1.54) is 12.0 Å². The summed E-state index contributed by atoms with van der Waals surface area (Å²) in [7, 11) is 1.73. The summed E-state index contributed by atoms with van der Waals surface area (Å²) in [6, 6.07) is 8.27. The number of rotatable bonds is 4. The van der Waals surface area contributed by atoms with E-state index in [4.69, 9.17) is 9.47 Å². The van der Waals surface area contributed by atoms with Crippen molar-refractivity contribution < 1.29 is 9.47 Å². The lowest BCUT2D eigenvalue weighted by Gasteiger charge is -2.36. The molecule has 1 aliphatic rings. The molecule has 1 aliphatic heterocycles. The molecule has 1 aromatic rings. The molecule has 0 radical (unpaired) electrons. The highest BCUT2D eigenvalue weighted by Gasteiger charge is 2.32. The molecule has 0 aliphatic carbocycles. The van der Waals surface area contributed by atoms with Crippen molar-refractivity contribution >= 4 is 15.9 Å². The molecule has 0 N–H and O–H groups in total. The Bertz CT molecular complexity index is 359. The average Bonchev–Trinajstić information content (AvgIpc) is 2.40. The van der Waals surface area contributed by atoms with E-state index in [1.807, 2.05) is 12.1 Å². The minimum atomic E-state index is 0.229. The van der Waals surface area contributed by atoms with Gasteiger partial charge in [-0.2, -0.15) is 0 Å². The first-order valence-electron chi connectivity index (χ1n) is 6.05. The SMILES string of the molecule is COc1ccccc1CC1(CBr)CCCOC1. The molecule has 1 atom stereocenters. The fourth-order valence-electron chi connectivity index (χ4n) is 2.46. The van der Waals surface area contributed by atoms with E-state index >= 15 is 0 Å². The van der Waals surface area contributed by atoms with Crippen molar-refractivity contribution in [2.45, 2.75) is 19.3 Å². The van der Waals surface area contributed by atoms with Crippen LogP contribution < -0.4 is 4.74 Å². The molecule has 1 fully saturated rings. The number of ether oxygens (including phenoxy) is 2. The second-order valence-electron chi connectivity index (χ2n) is 4.78. The predicted molar refractivity (Wildman–Crippen MR) is 73.0 cm³/mol. The lowest BCUT2D eigenvalue weighted by atomic mass is 9.79. The number of para-hydroxylation sites is 1. The Hall–Kier alpha value is -0.540. The van der Waals surface area contributed by atoms with E-state index in [0.717, 1.165) is 37.1 Å². The molecule has 1 aromatic carbocycles. The smallest absolute Gasteiger partial charge is 0.122 e. The van der Waals surface area contributed by atoms with Crippen LogP contribution in [-0.2, 0) is 11.2 Å². The molecule has 2 nitrogen and oxygen atoms in total. The van der Waals surface area contributed by atoms with Crippen LogP contribution in [0.25, 0.3) is 0 Å². The van der Waals surface area contributed by atoms with Crippen molar-refractivity contribution in [3.63, 3.8) is 0 Å². The fourth-order valence-corrected chi connectivity index (χ4v) is 3.10. The molecule has 0 saturated carbocycles. The maximum atomic E-state index is 5.65. The monoisotopic (exact) mass is 298 g/mol. The standard InChI is InChI=1S/C14H19BrO2/c1-16-13-6-3-2-5-12(13)9-14(10-15)7-4-8-17-11-14/h2-3,5-6H,4,7-11H2,1H3. The van der Waals surface area contributed by atoms with Crippen LogP contribution in [0.2, 0.25) is 0 Å². The van der Waals surface area contributed by atoms with Gasteiger partial charge < -0.3 is 9.47 Å². The molecule has 0 spiro atoms. The summed E-state index contributed by atoms with van der Waals surface area (Å²) in [5.41, 5.74) is 1.51. The first kappa shape index (κ1) is 12.9. The number of methoxy groups -OCH3 is 1. The molecule has 0 aromatic heterocycles. The highest BCUT2D eigenvalue weighted by Crippen LogP contribution is 2.36. The zero-order chi connectivity index (χ0) is 12.1. The van der Waals surface area contributed by atoms with Crippen molar-refractivity contribution in [3.8, 4) is 5.75 Å². The van der Waals surface area contributed by atoms with Gasteiger partial charge in [0.2, 0.25) is 0 Å². The van der Waals surface area contributed by atoms with E-state index in [-0.39, 0.29) is 5.41 Å². The molecule has 1 unspecified atom stereocenters. The van der Waals surface area contributed by atoms with E-state index in [1.54, 1.807) is 7.11 Å². The number of halogens is 1. The highest BCUT2D eigenvalue weighted by molar-refractivity contribution is 9.09. The van der Waals surface area contributed by atoms with Gasteiger partial charge in [-0.1, -0.05) is 34.1 Å². The Balaban J connectivity index is 2.17. The summed E-state index contributed by atoms with van der Waals surface area (Å²) in [5, 5.41) is 0.984. The third-order valence-electron chi connectivity index (χ3n) is 3.45. The highest BCUT2D eigenvalue weighted by atomic mass is 79.9. The van der Waals surface area contributed by atoms with Crippen LogP contribution >= 0.6 is 15.9 Å². The minimum absolute atomic E-state index is 0.229. The zero-order valence-corrected chi connectivity index (χ0v) is 11.8.